The molecule has 3 rings (SSSR count). The molecule has 0 bridgehead atoms. The molecule has 2 fully saturated rings. The average Bonchev–Trinajstić information content (AvgIpc) is 3.17. The standard InChI is InChI=1S/C19H28ClN3O5S/c1-27-18-4-3-15(20)13-17(18)19(24)22-6-5-16(14-22)23(29(2,25)26)8-7-21-9-11-28-12-10-21/h3-4,13,16H,5-12,14H2,1-2H3. The Kier molecular flexibility index (Phi) is 7.39. The second-order valence-corrected chi connectivity index (χ2v) is 9.74. The van der Waals surface area contributed by atoms with E-state index in [1.807, 2.05) is 0 Å². The number of sulfonamides is 1. The molecule has 1 amide bonds. The van der Waals surface area contributed by atoms with Crippen LogP contribution in [0.5, 0.6) is 5.75 Å². The van der Waals surface area contributed by atoms with Crippen LogP contribution in [0.3, 0.4) is 0 Å². The van der Waals surface area contributed by atoms with E-state index in [4.69, 9.17) is 21.1 Å². The van der Waals surface area contributed by atoms with E-state index in [9.17, 15) is 13.2 Å². The van der Waals surface area contributed by atoms with E-state index in [2.05, 4.69) is 4.90 Å². The van der Waals surface area contributed by atoms with Gasteiger partial charge >= 0.3 is 0 Å². The SMILES string of the molecule is COc1ccc(Cl)cc1C(=O)N1CCC(N(CCN2CCOCC2)S(C)(=O)=O)C1. The van der Waals surface area contributed by atoms with Gasteiger partial charge in [-0.1, -0.05) is 11.6 Å². The zero-order valence-corrected chi connectivity index (χ0v) is 18.4. The molecule has 162 valence electrons. The molecule has 0 spiro atoms. The molecule has 2 aliphatic heterocycles. The number of ether oxygens (including phenoxy) is 2. The van der Waals surface area contributed by atoms with E-state index in [1.165, 1.54) is 17.7 Å². The quantitative estimate of drug-likeness (QED) is 0.626. The Morgan fingerprint density at radius 1 is 1.31 bits per heavy atom. The maximum Gasteiger partial charge on any atom is 0.257 e. The third kappa shape index (κ3) is 5.61. The van der Waals surface area contributed by atoms with Crippen molar-refractivity contribution in [1.29, 1.82) is 0 Å². The van der Waals surface area contributed by atoms with E-state index in [1.54, 1.807) is 23.1 Å². The van der Waals surface area contributed by atoms with Crippen LogP contribution < -0.4 is 4.74 Å². The largest absolute Gasteiger partial charge is 0.496 e. The number of hydrogen-bond acceptors (Lipinski definition) is 6. The highest BCUT2D eigenvalue weighted by Crippen LogP contribution is 2.27. The molecule has 2 heterocycles. The summed E-state index contributed by atoms with van der Waals surface area (Å²) in [5, 5.41) is 0.452. The number of amides is 1. The zero-order chi connectivity index (χ0) is 21.0. The van der Waals surface area contributed by atoms with Gasteiger partial charge in [-0.2, -0.15) is 4.31 Å². The molecular formula is C19H28ClN3O5S. The minimum Gasteiger partial charge on any atom is -0.496 e. The number of halogens is 1. The van der Waals surface area contributed by atoms with Gasteiger partial charge in [0.1, 0.15) is 5.75 Å². The highest BCUT2D eigenvalue weighted by Gasteiger charge is 2.35. The lowest BCUT2D eigenvalue weighted by atomic mass is 10.1. The third-order valence-corrected chi connectivity index (χ3v) is 6.98. The van der Waals surface area contributed by atoms with Crippen LogP contribution in [0.15, 0.2) is 18.2 Å². The Morgan fingerprint density at radius 3 is 2.69 bits per heavy atom. The third-order valence-electron chi connectivity index (χ3n) is 5.42. The van der Waals surface area contributed by atoms with Crippen molar-refractivity contribution < 1.29 is 22.7 Å². The van der Waals surface area contributed by atoms with E-state index >= 15 is 0 Å². The normalized spacial score (nSPS) is 21.0. The van der Waals surface area contributed by atoms with Gasteiger partial charge in [-0.05, 0) is 24.6 Å². The summed E-state index contributed by atoms with van der Waals surface area (Å²) in [5.41, 5.74) is 0.389. The van der Waals surface area contributed by atoms with Crippen LogP contribution in [0.1, 0.15) is 16.8 Å². The average molecular weight is 446 g/mol. The molecule has 2 aliphatic rings. The summed E-state index contributed by atoms with van der Waals surface area (Å²) in [6, 6.07) is 4.68. The molecule has 1 aromatic rings. The molecular weight excluding hydrogens is 418 g/mol. The first-order chi connectivity index (χ1) is 13.8. The lowest BCUT2D eigenvalue weighted by molar-refractivity contribution is 0.0353. The van der Waals surface area contributed by atoms with E-state index in [0.29, 0.717) is 62.1 Å². The zero-order valence-electron chi connectivity index (χ0n) is 16.8. The monoisotopic (exact) mass is 445 g/mol. The summed E-state index contributed by atoms with van der Waals surface area (Å²) < 4.78 is 37.0. The minimum atomic E-state index is -3.39. The topological polar surface area (TPSA) is 79.4 Å². The van der Waals surface area contributed by atoms with Gasteiger partial charge < -0.3 is 14.4 Å². The van der Waals surface area contributed by atoms with Crippen LogP contribution in [-0.2, 0) is 14.8 Å². The Balaban J connectivity index is 1.68. The second kappa shape index (κ2) is 9.61. The van der Waals surface area contributed by atoms with Crippen molar-refractivity contribution in [2.45, 2.75) is 12.5 Å². The summed E-state index contributed by atoms with van der Waals surface area (Å²) in [7, 11) is -1.89. The molecule has 1 unspecified atom stereocenters. The maximum atomic E-state index is 13.0. The van der Waals surface area contributed by atoms with Gasteiger partial charge in [0.25, 0.3) is 5.91 Å². The number of hydrogen-bond donors (Lipinski definition) is 0. The van der Waals surface area contributed by atoms with Crippen molar-refractivity contribution >= 4 is 27.5 Å². The van der Waals surface area contributed by atoms with Gasteiger partial charge in [0.05, 0.1) is 32.1 Å². The Bertz CT molecular complexity index is 829. The number of carbonyl (C=O) groups excluding carboxylic acids is 1. The highest BCUT2D eigenvalue weighted by atomic mass is 35.5. The molecule has 8 nitrogen and oxygen atoms in total. The second-order valence-electron chi connectivity index (χ2n) is 7.37. The first-order valence-corrected chi connectivity index (χ1v) is 11.9. The molecule has 0 N–H and O–H groups in total. The maximum absolute atomic E-state index is 13.0. The molecule has 10 heteroatoms. The Hall–Kier alpha value is -1.39. The van der Waals surface area contributed by atoms with E-state index < -0.39 is 10.0 Å². The fourth-order valence-corrected chi connectivity index (χ4v) is 5.16. The minimum absolute atomic E-state index is 0.200. The number of benzene rings is 1. The van der Waals surface area contributed by atoms with Gasteiger partial charge in [-0.25, -0.2) is 8.42 Å². The van der Waals surface area contributed by atoms with Crippen molar-refractivity contribution in [2.75, 3.05) is 65.8 Å². The number of morpholine rings is 1. The van der Waals surface area contributed by atoms with E-state index in [-0.39, 0.29) is 11.9 Å². The van der Waals surface area contributed by atoms with Gasteiger partial charge in [0.15, 0.2) is 0 Å². The summed E-state index contributed by atoms with van der Waals surface area (Å²) in [5.74, 6) is 0.253. The predicted molar refractivity (Wildman–Crippen MR) is 111 cm³/mol. The van der Waals surface area contributed by atoms with E-state index in [0.717, 1.165) is 13.1 Å². The number of rotatable bonds is 7. The van der Waals surface area contributed by atoms with Crippen LogP contribution in [0.2, 0.25) is 5.02 Å². The highest BCUT2D eigenvalue weighted by molar-refractivity contribution is 7.88. The molecule has 0 saturated carbocycles. The van der Waals surface area contributed by atoms with Gasteiger partial charge in [-0.3, -0.25) is 9.69 Å². The van der Waals surface area contributed by atoms with Crippen LogP contribution >= 0.6 is 11.6 Å². The lowest BCUT2D eigenvalue weighted by Crippen LogP contribution is -2.47. The van der Waals surface area contributed by atoms with Gasteiger partial charge in [-0.15, -0.1) is 0 Å². The van der Waals surface area contributed by atoms with Crippen LogP contribution in [0.25, 0.3) is 0 Å². The molecule has 2 saturated heterocycles. The molecule has 1 aromatic carbocycles. The number of methoxy groups -OCH3 is 1. The fourth-order valence-electron chi connectivity index (χ4n) is 3.86. The number of likely N-dealkylation sites (tertiary alicyclic amines) is 1. The number of carbonyl (C=O) groups is 1. The molecule has 29 heavy (non-hydrogen) atoms. The smallest absolute Gasteiger partial charge is 0.257 e. The summed E-state index contributed by atoms with van der Waals surface area (Å²) in [4.78, 5) is 16.9. The Morgan fingerprint density at radius 2 is 2.03 bits per heavy atom. The van der Waals surface area contributed by atoms with Gasteiger partial charge in [0, 0.05) is 50.3 Å². The van der Waals surface area contributed by atoms with Crippen LogP contribution in [0.4, 0.5) is 0 Å². The van der Waals surface area contributed by atoms with Crippen LogP contribution in [-0.4, -0.2) is 100 Å². The predicted octanol–water partition coefficient (Wildman–Crippen LogP) is 1.16. The van der Waals surface area contributed by atoms with Gasteiger partial charge in [0.2, 0.25) is 10.0 Å². The molecule has 0 radical (unpaired) electrons. The van der Waals surface area contributed by atoms with Crippen molar-refractivity contribution in [3.8, 4) is 5.75 Å². The van der Waals surface area contributed by atoms with Crippen LogP contribution in [0, 0.1) is 0 Å². The summed E-state index contributed by atoms with van der Waals surface area (Å²) in [6.07, 6.45) is 1.83. The van der Waals surface area contributed by atoms with Crippen molar-refractivity contribution in [2.24, 2.45) is 0 Å². The first kappa shape index (κ1) is 22.3. The summed E-state index contributed by atoms with van der Waals surface area (Å²) in [6.45, 7) is 4.86. The molecule has 0 aromatic heterocycles. The summed E-state index contributed by atoms with van der Waals surface area (Å²) >= 11 is 6.05. The number of nitrogens with zero attached hydrogens (tertiary/aromatic N) is 3. The first-order valence-electron chi connectivity index (χ1n) is 9.69. The van der Waals surface area contributed by atoms with Crippen molar-refractivity contribution in [3.63, 3.8) is 0 Å². The van der Waals surface area contributed by atoms with Crippen molar-refractivity contribution in [3.05, 3.63) is 28.8 Å². The fraction of sp³-hybridized carbons (Fsp3) is 0.632. The molecule has 1 atom stereocenters. The molecule has 0 aliphatic carbocycles. The Labute approximate surface area is 177 Å². The van der Waals surface area contributed by atoms with Crippen molar-refractivity contribution in [1.82, 2.24) is 14.1 Å². The lowest BCUT2D eigenvalue weighted by Gasteiger charge is -2.31.